The maximum atomic E-state index is 14.7. The number of hydrogen-bond acceptors (Lipinski definition) is 9. The number of aliphatic hydroxyl groups is 2. The van der Waals surface area contributed by atoms with Crippen LogP contribution in [0.5, 0.6) is 11.5 Å². The van der Waals surface area contributed by atoms with Crippen molar-refractivity contribution in [2.75, 3.05) is 39.4 Å². The summed E-state index contributed by atoms with van der Waals surface area (Å²) in [5, 5.41) is 24.3. The number of carbonyl (C=O) groups is 1. The van der Waals surface area contributed by atoms with Crippen molar-refractivity contribution in [3.05, 3.63) is 119 Å². The molecule has 3 aromatic carbocycles. The lowest BCUT2D eigenvalue weighted by atomic mass is 9.55. The highest BCUT2D eigenvalue weighted by Crippen LogP contribution is 2.62. The number of aliphatic hydroxyl groups excluding tert-OH is 2. The van der Waals surface area contributed by atoms with Crippen LogP contribution in [0.2, 0.25) is 0 Å². The fourth-order valence-corrected chi connectivity index (χ4v) is 9.00. The lowest BCUT2D eigenvalue weighted by Crippen LogP contribution is -2.70. The van der Waals surface area contributed by atoms with Gasteiger partial charge in [-0.1, -0.05) is 60.5 Å². The number of ether oxygens (including phenoxy) is 4. The third kappa shape index (κ3) is 9.52. The molecule has 2 N–H and O–H groups in total. The second-order valence-electron chi connectivity index (χ2n) is 14.9. The van der Waals surface area contributed by atoms with Crippen molar-refractivity contribution in [3.8, 4) is 11.5 Å². The molecule has 0 spiro atoms. The van der Waals surface area contributed by atoms with Crippen LogP contribution in [0.4, 0.5) is 13.6 Å². The van der Waals surface area contributed by atoms with Gasteiger partial charge in [-0.15, -0.1) is 18.2 Å². The van der Waals surface area contributed by atoms with E-state index < -0.39 is 29.7 Å². The van der Waals surface area contributed by atoms with Crippen LogP contribution >= 0.6 is 11.6 Å². The van der Waals surface area contributed by atoms with Crippen LogP contribution in [0, 0.1) is 29.4 Å². The van der Waals surface area contributed by atoms with Gasteiger partial charge in [0, 0.05) is 43.2 Å². The van der Waals surface area contributed by atoms with Crippen LogP contribution in [-0.2, 0) is 27.5 Å². The molecule has 3 aliphatic rings. The van der Waals surface area contributed by atoms with E-state index in [9.17, 15) is 23.8 Å². The van der Waals surface area contributed by atoms with Gasteiger partial charge < -0.3 is 34.0 Å². The molecule has 1 amide bonds. The molecule has 1 heterocycles. The van der Waals surface area contributed by atoms with Crippen molar-refractivity contribution >= 4 is 23.4 Å². The number of benzene rings is 3. The summed E-state index contributed by atoms with van der Waals surface area (Å²) in [7, 11) is 1.48. The van der Waals surface area contributed by atoms with Crippen LogP contribution < -0.4 is 9.47 Å². The van der Waals surface area contributed by atoms with Gasteiger partial charge >= 0.3 is 6.09 Å². The molecular formula is C45H53ClF2N2O8. The molecule has 2 aliphatic carbocycles. The number of nitrogens with zero attached hydrogens (tertiary/aromatic N) is 2. The summed E-state index contributed by atoms with van der Waals surface area (Å²) in [6.45, 7) is 4.13. The van der Waals surface area contributed by atoms with Gasteiger partial charge in [0.2, 0.25) is 5.79 Å². The molecule has 10 nitrogen and oxygen atoms in total. The fraction of sp³-hybridized carbons (Fsp3) is 0.467. The number of rotatable bonds is 20. The predicted molar refractivity (Wildman–Crippen MR) is 217 cm³/mol. The molecule has 58 heavy (non-hydrogen) atoms. The Hall–Kier alpha value is -4.49. The molecule has 0 saturated heterocycles. The quantitative estimate of drug-likeness (QED) is 0.0503. The maximum Gasteiger partial charge on any atom is 0.410 e. The average molecular weight is 823 g/mol. The molecule has 6 unspecified atom stereocenters. The van der Waals surface area contributed by atoms with Crippen LogP contribution in [-0.4, -0.2) is 78.2 Å². The minimum Gasteiger partial charge on any atom is -0.489 e. The van der Waals surface area contributed by atoms with Gasteiger partial charge in [0.15, 0.2) is 0 Å². The van der Waals surface area contributed by atoms with Crippen molar-refractivity contribution in [3.63, 3.8) is 0 Å². The zero-order valence-electron chi connectivity index (χ0n) is 32.9. The molecule has 1 aliphatic heterocycles. The maximum absolute atomic E-state index is 14.7. The zero-order chi connectivity index (χ0) is 41.1. The second kappa shape index (κ2) is 20.5. The zero-order valence-corrected chi connectivity index (χ0v) is 33.6. The Bertz CT molecular complexity index is 1910. The molecule has 6 rings (SSSR count). The summed E-state index contributed by atoms with van der Waals surface area (Å²) in [6.07, 6.45) is 7.65. The van der Waals surface area contributed by atoms with Crippen molar-refractivity contribution < 1.29 is 47.6 Å². The Morgan fingerprint density at radius 2 is 1.81 bits per heavy atom. The van der Waals surface area contributed by atoms with Crippen molar-refractivity contribution in [2.45, 2.75) is 75.8 Å². The lowest BCUT2D eigenvalue weighted by Gasteiger charge is -2.59. The monoisotopic (exact) mass is 822 g/mol. The van der Waals surface area contributed by atoms with Crippen molar-refractivity contribution in [1.29, 1.82) is 0 Å². The van der Waals surface area contributed by atoms with Gasteiger partial charge in [-0.3, -0.25) is 4.90 Å². The molecular weight excluding hydrogens is 770 g/mol. The number of carbonyl (C=O) groups excluding carboxylic acids is 1. The highest BCUT2D eigenvalue weighted by Gasteiger charge is 2.65. The van der Waals surface area contributed by atoms with E-state index in [0.717, 1.165) is 36.8 Å². The summed E-state index contributed by atoms with van der Waals surface area (Å²) in [5.74, 6) is -2.07. The van der Waals surface area contributed by atoms with Gasteiger partial charge in [-0.25, -0.2) is 13.6 Å². The van der Waals surface area contributed by atoms with E-state index in [2.05, 4.69) is 17.8 Å². The van der Waals surface area contributed by atoms with E-state index in [0.29, 0.717) is 41.2 Å². The SMILES string of the molecule is C=CCOC12Oc3ccc(OCc4ccccc4F)cc3C3C(CCCCO)C(CCCCO)C=C(C(=NOC)CC1N(Cc1ccc(F)cc1)C(=O)OCCCl)C32. The van der Waals surface area contributed by atoms with E-state index in [1.807, 2.05) is 12.1 Å². The number of fused-ring (bicyclic) bond motifs is 2. The average Bonchev–Trinajstić information content (AvgIpc) is 3.23. The molecule has 6 atom stereocenters. The van der Waals surface area contributed by atoms with Gasteiger partial charge in [0.05, 0.1) is 24.1 Å². The van der Waals surface area contributed by atoms with E-state index >= 15 is 0 Å². The molecule has 0 aromatic heterocycles. The molecule has 13 heteroatoms. The summed E-state index contributed by atoms with van der Waals surface area (Å²) < 4.78 is 54.9. The molecule has 1 saturated carbocycles. The summed E-state index contributed by atoms with van der Waals surface area (Å²) in [4.78, 5) is 21.3. The Kier molecular flexibility index (Phi) is 15.2. The molecule has 3 aromatic rings. The molecule has 1 fully saturated rings. The number of amides is 1. The third-order valence-corrected chi connectivity index (χ3v) is 11.5. The normalized spacial score (nSPS) is 23.9. The topological polar surface area (TPSA) is 119 Å². The fourth-order valence-electron chi connectivity index (χ4n) is 8.92. The van der Waals surface area contributed by atoms with Gasteiger partial charge in [0.1, 0.15) is 49.5 Å². The van der Waals surface area contributed by atoms with Crippen LogP contribution in [0.1, 0.15) is 67.6 Å². The standard InChI is InChI=1S/C45H53ClF2N2O8/c1-3-23-57-45-41(50(44(53)55-24-20-46)28-30-14-16-33(47)17-15-30)27-39(49-54-2)36-25-31(10-6-8-21-51)35(12-7-9-22-52)42(43(36)45)37-26-34(18-19-40(37)58-45)56-29-32-11-4-5-13-38(32)48/h3-5,11,13-19,25-26,31,35,41-43,51-52H,1,6-10,12,20-24,27-29H2,2H3. The van der Waals surface area contributed by atoms with E-state index in [4.69, 9.17) is 35.4 Å². The first-order valence-corrected chi connectivity index (χ1v) is 20.5. The van der Waals surface area contributed by atoms with Crippen LogP contribution in [0.15, 0.2) is 96.2 Å². The molecule has 0 radical (unpaired) electrons. The smallest absolute Gasteiger partial charge is 0.410 e. The molecule has 312 valence electrons. The van der Waals surface area contributed by atoms with Crippen molar-refractivity contribution in [1.82, 2.24) is 4.90 Å². The third-order valence-electron chi connectivity index (χ3n) is 11.4. The summed E-state index contributed by atoms with van der Waals surface area (Å²) >= 11 is 6.01. The summed E-state index contributed by atoms with van der Waals surface area (Å²) in [6, 6.07) is 17.1. The van der Waals surface area contributed by atoms with Crippen LogP contribution in [0.3, 0.4) is 0 Å². The van der Waals surface area contributed by atoms with Gasteiger partial charge in [-0.05, 0) is 85.1 Å². The minimum absolute atomic E-state index is 0.0111. The number of oxime groups is 1. The number of hydrogen-bond donors (Lipinski definition) is 2. The second-order valence-corrected chi connectivity index (χ2v) is 15.3. The first kappa shape index (κ1) is 43.1. The largest absolute Gasteiger partial charge is 0.489 e. The number of alkyl halides is 1. The molecule has 0 bridgehead atoms. The number of halogens is 3. The Morgan fingerprint density at radius 3 is 2.52 bits per heavy atom. The summed E-state index contributed by atoms with van der Waals surface area (Å²) in [5.41, 5.74) is 3.38. The lowest BCUT2D eigenvalue weighted by molar-refractivity contribution is -0.256. The Balaban J connectivity index is 1.56. The van der Waals surface area contributed by atoms with Crippen LogP contribution in [0.25, 0.3) is 0 Å². The first-order chi connectivity index (χ1) is 28.3. The Morgan fingerprint density at radius 1 is 1.05 bits per heavy atom. The van der Waals surface area contributed by atoms with Crippen molar-refractivity contribution in [2.24, 2.45) is 22.9 Å². The minimum atomic E-state index is -1.54. The number of unbranched alkanes of at least 4 members (excludes halogenated alkanes) is 2. The highest BCUT2D eigenvalue weighted by molar-refractivity contribution is 6.18. The van der Waals surface area contributed by atoms with E-state index in [-0.39, 0.29) is 75.5 Å². The van der Waals surface area contributed by atoms with E-state index in [1.165, 1.54) is 25.3 Å². The van der Waals surface area contributed by atoms with Gasteiger partial charge in [-0.2, -0.15) is 0 Å². The Labute approximate surface area is 344 Å². The highest BCUT2D eigenvalue weighted by atomic mass is 35.5. The van der Waals surface area contributed by atoms with Gasteiger partial charge in [0.25, 0.3) is 0 Å². The number of allylic oxidation sites excluding steroid dienone is 1. The first-order valence-electron chi connectivity index (χ1n) is 20.0. The predicted octanol–water partition coefficient (Wildman–Crippen LogP) is 8.68. The van der Waals surface area contributed by atoms with E-state index in [1.54, 1.807) is 47.4 Å².